The minimum absolute atomic E-state index is 0.130. The highest BCUT2D eigenvalue weighted by Crippen LogP contribution is 2.30. The highest BCUT2D eigenvalue weighted by molar-refractivity contribution is 5.76. The van der Waals surface area contributed by atoms with E-state index in [1.54, 1.807) is 0 Å². The van der Waals surface area contributed by atoms with Crippen LogP contribution in [0.3, 0.4) is 0 Å². The summed E-state index contributed by atoms with van der Waals surface area (Å²) in [5.74, 6) is 3.13. The van der Waals surface area contributed by atoms with E-state index >= 15 is 0 Å². The van der Waals surface area contributed by atoms with Crippen molar-refractivity contribution in [3.8, 4) is 0 Å². The predicted molar refractivity (Wildman–Crippen MR) is 96.7 cm³/mol. The first kappa shape index (κ1) is 16.3. The van der Waals surface area contributed by atoms with E-state index in [1.807, 2.05) is 18.2 Å². The molecule has 1 fully saturated rings. The Morgan fingerprint density at radius 3 is 2.80 bits per heavy atom. The van der Waals surface area contributed by atoms with Crippen molar-refractivity contribution in [1.82, 2.24) is 25.0 Å². The van der Waals surface area contributed by atoms with E-state index < -0.39 is 0 Å². The smallest absolute Gasteiger partial charge is 0.231 e. The molecule has 1 aliphatic heterocycles. The molecule has 1 N–H and O–H groups in total. The Morgan fingerprint density at radius 1 is 1.28 bits per heavy atom. The molecule has 1 atom stereocenters. The molecule has 4 rings (SSSR count). The fraction of sp³-hybridized carbons (Fsp3) is 0.526. The second-order valence-corrected chi connectivity index (χ2v) is 7.91. The SMILES string of the molecule is CC(C)c1nc2ccccc2n1Cc1noc(C2CNC(C)(C)C2)n1. The van der Waals surface area contributed by atoms with Crippen LogP contribution in [-0.4, -0.2) is 31.8 Å². The van der Waals surface area contributed by atoms with Crippen LogP contribution in [0.25, 0.3) is 11.0 Å². The average Bonchev–Trinajstić information content (AvgIpc) is 3.25. The molecular formula is C19H25N5O. The fourth-order valence-corrected chi connectivity index (χ4v) is 3.67. The maximum atomic E-state index is 5.57. The zero-order valence-electron chi connectivity index (χ0n) is 15.3. The van der Waals surface area contributed by atoms with Gasteiger partial charge in [-0.25, -0.2) is 4.98 Å². The van der Waals surface area contributed by atoms with Crippen LogP contribution in [0.4, 0.5) is 0 Å². The monoisotopic (exact) mass is 339 g/mol. The van der Waals surface area contributed by atoms with E-state index in [4.69, 9.17) is 9.51 Å². The van der Waals surface area contributed by atoms with Gasteiger partial charge in [-0.3, -0.25) is 0 Å². The lowest BCUT2D eigenvalue weighted by Gasteiger charge is -2.16. The van der Waals surface area contributed by atoms with Crippen molar-refractivity contribution in [3.63, 3.8) is 0 Å². The lowest BCUT2D eigenvalue weighted by atomic mass is 9.97. The number of hydrogen-bond donors (Lipinski definition) is 1. The molecule has 0 bridgehead atoms. The van der Waals surface area contributed by atoms with Gasteiger partial charge in [0.05, 0.1) is 23.5 Å². The summed E-state index contributed by atoms with van der Waals surface area (Å²) < 4.78 is 7.77. The Bertz CT molecular complexity index is 892. The number of nitrogens with zero attached hydrogens (tertiary/aromatic N) is 4. The molecule has 1 unspecified atom stereocenters. The molecule has 0 aliphatic carbocycles. The molecule has 0 saturated carbocycles. The third-order valence-electron chi connectivity index (χ3n) is 4.92. The Hall–Kier alpha value is -2.21. The molecule has 6 heteroatoms. The summed E-state index contributed by atoms with van der Waals surface area (Å²) in [7, 11) is 0. The summed E-state index contributed by atoms with van der Waals surface area (Å²) in [4.78, 5) is 9.45. The molecule has 3 aromatic rings. The number of imidazole rings is 1. The zero-order chi connectivity index (χ0) is 17.6. The molecule has 0 radical (unpaired) electrons. The van der Waals surface area contributed by atoms with Crippen LogP contribution in [-0.2, 0) is 6.54 Å². The summed E-state index contributed by atoms with van der Waals surface area (Å²) >= 11 is 0. The van der Waals surface area contributed by atoms with Gasteiger partial charge >= 0.3 is 0 Å². The quantitative estimate of drug-likeness (QED) is 0.788. The molecule has 1 aromatic carbocycles. The molecule has 6 nitrogen and oxygen atoms in total. The summed E-state index contributed by atoms with van der Waals surface area (Å²) in [6, 6.07) is 8.20. The molecule has 1 aliphatic rings. The van der Waals surface area contributed by atoms with Gasteiger partial charge < -0.3 is 14.4 Å². The summed E-state index contributed by atoms with van der Waals surface area (Å²) in [6.07, 6.45) is 1.01. The van der Waals surface area contributed by atoms with E-state index in [1.165, 1.54) is 0 Å². The molecule has 2 aromatic heterocycles. The standard InChI is InChI=1S/C19H25N5O/c1-12(2)17-21-14-7-5-6-8-15(14)24(17)11-16-22-18(25-23-16)13-9-19(3,4)20-10-13/h5-8,12-13,20H,9-11H2,1-4H3. The largest absolute Gasteiger partial charge is 0.339 e. The van der Waals surface area contributed by atoms with E-state index in [-0.39, 0.29) is 5.54 Å². The molecule has 0 amide bonds. The van der Waals surface area contributed by atoms with Crippen LogP contribution in [0.2, 0.25) is 0 Å². The Morgan fingerprint density at radius 2 is 2.08 bits per heavy atom. The summed E-state index contributed by atoms with van der Waals surface area (Å²) in [5, 5.41) is 7.73. The highest BCUT2D eigenvalue weighted by atomic mass is 16.5. The van der Waals surface area contributed by atoms with E-state index in [0.717, 1.165) is 35.7 Å². The van der Waals surface area contributed by atoms with Gasteiger partial charge in [-0.1, -0.05) is 31.1 Å². The van der Waals surface area contributed by atoms with Crippen molar-refractivity contribution in [1.29, 1.82) is 0 Å². The highest BCUT2D eigenvalue weighted by Gasteiger charge is 2.34. The molecule has 132 valence electrons. The van der Waals surface area contributed by atoms with Crippen LogP contribution in [0.5, 0.6) is 0 Å². The molecular weight excluding hydrogens is 314 g/mol. The number of benzene rings is 1. The molecule has 3 heterocycles. The van der Waals surface area contributed by atoms with E-state index in [2.05, 4.69) is 53.8 Å². The van der Waals surface area contributed by atoms with E-state index in [0.29, 0.717) is 24.2 Å². The van der Waals surface area contributed by atoms with Gasteiger partial charge in [0.2, 0.25) is 5.89 Å². The third kappa shape index (κ3) is 3.06. The first-order valence-corrected chi connectivity index (χ1v) is 8.95. The lowest BCUT2D eigenvalue weighted by Crippen LogP contribution is -2.31. The second kappa shape index (κ2) is 5.95. The van der Waals surface area contributed by atoms with Crippen molar-refractivity contribution in [2.24, 2.45) is 0 Å². The van der Waals surface area contributed by atoms with Crippen LogP contribution in [0.15, 0.2) is 28.8 Å². The van der Waals surface area contributed by atoms with Gasteiger partial charge in [0.15, 0.2) is 5.82 Å². The number of para-hydroxylation sites is 2. The first-order chi connectivity index (χ1) is 11.9. The third-order valence-corrected chi connectivity index (χ3v) is 4.92. The Labute approximate surface area is 147 Å². The topological polar surface area (TPSA) is 68.8 Å². The Balaban J connectivity index is 1.63. The van der Waals surface area contributed by atoms with Crippen LogP contribution in [0, 0.1) is 0 Å². The van der Waals surface area contributed by atoms with Crippen molar-refractivity contribution in [3.05, 3.63) is 41.8 Å². The molecule has 0 spiro atoms. The average molecular weight is 339 g/mol. The van der Waals surface area contributed by atoms with Crippen molar-refractivity contribution < 1.29 is 4.52 Å². The van der Waals surface area contributed by atoms with Crippen LogP contribution >= 0.6 is 0 Å². The van der Waals surface area contributed by atoms with Crippen molar-refractivity contribution in [2.45, 2.75) is 58.0 Å². The summed E-state index contributed by atoms with van der Waals surface area (Å²) in [6.45, 7) is 10.2. The van der Waals surface area contributed by atoms with Crippen LogP contribution in [0.1, 0.15) is 63.5 Å². The number of aromatic nitrogens is 4. The van der Waals surface area contributed by atoms with Gasteiger partial charge in [-0.2, -0.15) is 4.98 Å². The number of rotatable bonds is 4. The van der Waals surface area contributed by atoms with Crippen molar-refractivity contribution >= 4 is 11.0 Å². The first-order valence-electron chi connectivity index (χ1n) is 8.95. The zero-order valence-corrected chi connectivity index (χ0v) is 15.3. The van der Waals surface area contributed by atoms with Gasteiger partial charge in [0, 0.05) is 18.0 Å². The summed E-state index contributed by atoms with van der Waals surface area (Å²) in [5.41, 5.74) is 2.25. The van der Waals surface area contributed by atoms with E-state index in [9.17, 15) is 0 Å². The van der Waals surface area contributed by atoms with Gasteiger partial charge in [-0.05, 0) is 32.4 Å². The van der Waals surface area contributed by atoms with Gasteiger partial charge in [0.1, 0.15) is 5.82 Å². The predicted octanol–water partition coefficient (Wildman–Crippen LogP) is 3.45. The number of hydrogen-bond acceptors (Lipinski definition) is 5. The maximum absolute atomic E-state index is 5.57. The van der Waals surface area contributed by atoms with Gasteiger partial charge in [0.25, 0.3) is 0 Å². The number of nitrogens with one attached hydrogen (secondary N) is 1. The number of fused-ring (bicyclic) bond motifs is 1. The molecule has 1 saturated heterocycles. The minimum Gasteiger partial charge on any atom is -0.339 e. The Kier molecular flexibility index (Phi) is 3.87. The van der Waals surface area contributed by atoms with Gasteiger partial charge in [-0.15, -0.1) is 0 Å². The second-order valence-electron chi connectivity index (χ2n) is 7.91. The normalized spacial score (nSPS) is 20.0. The van der Waals surface area contributed by atoms with Crippen LogP contribution < -0.4 is 5.32 Å². The fourth-order valence-electron chi connectivity index (χ4n) is 3.67. The molecule has 25 heavy (non-hydrogen) atoms. The maximum Gasteiger partial charge on any atom is 0.231 e. The van der Waals surface area contributed by atoms with Crippen molar-refractivity contribution in [2.75, 3.05) is 6.54 Å². The lowest BCUT2D eigenvalue weighted by molar-refractivity contribution is 0.348. The minimum atomic E-state index is 0.130.